The van der Waals surface area contributed by atoms with Crippen LogP contribution in [0.1, 0.15) is 37.3 Å². The van der Waals surface area contributed by atoms with Gasteiger partial charge in [-0.3, -0.25) is 9.80 Å². The molecule has 0 radical (unpaired) electrons. The zero-order valence-corrected chi connectivity index (χ0v) is 12.4. The lowest BCUT2D eigenvalue weighted by molar-refractivity contribution is 0.167. The monoisotopic (exact) mass is 273 g/mol. The standard InChI is InChI=1S/C17H27N3/c18-10-9-17(15-6-2-1-3-7-15)20-13-5-12-19-11-4-8-16(19)14-20/h1-3,6-7,16-17H,4-5,8-14,18H2. The highest BCUT2D eigenvalue weighted by Gasteiger charge is 2.31. The topological polar surface area (TPSA) is 32.5 Å². The summed E-state index contributed by atoms with van der Waals surface area (Å²) in [5.41, 5.74) is 7.32. The van der Waals surface area contributed by atoms with Gasteiger partial charge in [0.1, 0.15) is 0 Å². The first-order valence-corrected chi connectivity index (χ1v) is 8.11. The number of hydrogen-bond acceptors (Lipinski definition) is 3. The van der Waals surface area contributed by atoms with Crippen LogP contribution in [0.25, 0.3) is 0 Å². The number of nitrogens with zero attached hydrogens (tertiary/aromatic N) is 2. The number of rotatable bonds is 4. The van der Waals surface area contributed by atoms with Gasteiger partial charge in [-0.25, -0.2) is 0 Å². The van der Waals surface area contributed by atoms with Gasteiger partial charge in [0.2, 0.25) is 0 Å². The van der Waals surface area contributed by atoms with E-state index in [1.54, 1.807) is 0 Å². The molecule has 1 aromatic rings. The van der Waals surface area contributed by atoms with Crippen molar-refractivity contribution < 1.29 is 0 Å². The van der Waals surface area contributed by atoms with Crippen LogP contribution in [0, 0.1) is 0 Å². The van der Waals surface area contributed by atoms with Crippen molar-refractivity contribution in [3.63, 3.8) is 0 Å². The molecule has 2 N–H and O–H groups in total. The molecule has 110 valence electrons. The van der Waals surface area contributed by atoms with Gasteiger partial charge in [-0.2, -0.15) is 0 Å². The summed E-state index contributed by atoms with van der Waals surface area (Å²) >= 11 is 0. The van der Waals surface area contributed by atoms with Gasteiger partial charge in [0.25, 0.3) is 0 Å². The Morgan fingerprint density at radius 2 is 1.90 bits per heavy atom. The van der Waals surface area contributed by atoms with Crippen molar-refractivity contribution in [3.8, 4) is 0 Å². The van der Waals surface area contributed by atoms with Crippen molar-refractivity contribution in [2.24, 2.45) is 5.73 Å². The molecule has 2 unspecified atom stereocenters. The molecule has 0 amide bonds. The summed E-state index contributed by atoms with van der Waals surface area (Å²) in [6.07, 6.45) is 5.12. The largest absolute Gasteiger partial charge is 0.330 e. The lowest BCUT2D eigenvalue weighted by Crippen LogP contribution is -2.39. The van der Waals surface area contributed by atoms with E-state index in [9.17, 15) is 0 Å². The van der Waals surface area contributed by atoms with Crippen molar-refractivity contribution in [1.29, 1.82) is 0 Å². The Balaban J connectivity index is 1.76. The van der Waals surface area contributed by atoms with E-state index in [-0.39, 0.29) is 0 Å². The molecule has 3 nitrogen and oxygen atoms in total. The average Bonchev–Trinajstić information content (AvgIpc) is 2.83. The minimum Gasteiger partial charge on any atom is -0.330 e. The molecule has 3 rings (SSSR count). The van der Waals surface area contributed by atoms with Crippen molar-refractivity contribution in [2.45, 2.75) is 37.8 Å². The Morgan fingerprint density at radius 3 is 2.70 bits per heavy atom. The van der Waals surface area contributed by atoms with Crippen LogP contribution in [0.5, 0.6) is 0 Å². The van der Waals surface area contributed by atoms with Gasteiger partial charge in [-0.05, 0) is 50.9 Å². The van der Waals surface area contributed by atoms with Crippen LogP contribution in [0.3, 0.4) is 0 Å². The normalized spacial score (nSPS) is 26.1. The van der Waals surface area contributed by atoms with E-state index in [0.29, 0.717) is 6.04 Å². The Labute approximate surface area is 122 Å². The molecule has 2 atom stereocenters. The molecule has 3 heteroatoms. The molecule has 0 bridgehead atoms. The van der Waals surface area contributed by atoms with Gasteiger partial charge in [0.05, 0.1) is 0 Å². The highest BCUT2D eigenvalue weighted by molar-refractivity contribution is 5.19. The smallest absolute Gasteiger partial charge is 0.0360 e. The summed E-state index contributed by atoms with van der Waals surface area (Å²) in [4.78, 5) is 5.39. The second-order valence-electron chi connectivity index (χ2n) is 6.18. The lowest BCUT2D eigenvalue weighted by atomic mass is 10.0. The molecule has 2 heterocycles. The zero-order chi connectivity index (χ0) is 13.8. The minimum atomic E-state index is 0.502. The van der Waals surface area contributed by atoms with E-state index in [1.165, 1.54) is 51.0 Å². The predicted molar refractivity (Wildman–Crippen MR) is 83.6 cm³/mol. The van der Waals surface area contributed by atoms with Crippen molar-refractivity contribution in [1.82, 2.24) is 9.80 Å². The van der Waals surface area contributed by atoms with Gasteiger partial charge in [-0.15, -0.1) is 0 Å². The minimum absolute atomic E-state index is 0.502. The quantitative estimate of drug-likeness (QED) is 0.913. The van der Waals surface area contributed by atoms with Crippen molar-refractivity contribution in [3.05, 3.63) is 35.9 Å². The van der Waals surface area contributed by atoms with E-state index in [4.69, 9.17) is 5.73 Å². The van der Waals surface area contributed by atoms with Crippen LogP contribution in [-0.4, -0.2) is 48.6 Å². The molecule has 2 aliphatic heterocycles. The third kappa shape index (κ3) is 3.05. The fourth-order valence-electron chi connectivity index (χ4n) is 3.91. The summed E-state index contributed by atoms with van der Waals surface area (Å²) in [6.45, 7) is 5.80. The van der Waals surface area contributed by atoms with E-state index in [0.717, 1.165) is 19.0 Å². The maximum atomic E-state index is 5.88. The molecule has 2 aliphatic rings. The van der Waals surface area contributed by atoms with Gasteiger partial charge in [0.15, 0.2) is 0 Å². The van der Waals surface area contributed by atoms with Crippen molar-refractivity contribution >= 4 is 0 Å². The Hall–Kier alpha value is -0.900. The van der Waals surface area contributed by atoms with E-state index in [2.05, 4.69) is 40.1 Å². The van der Waals surface area contributed by atoms with Crippen molar-refractivity contribution in [2.75, 3.05) is 32.7 Å². The SMILES string of the molecule is NCCC(c1ccccc1)N1CCCN2CCCC2C1. The summed E-state index contributed by atoms with van der Waals surface area (Å²) in [6, 6.07) is 12.2. The van der Waals surface area contributed by atoms with Gasteiger partial charge < -0.3 is 5.73 Å². The molecule has 0 aliphatic carbocycles. The molecule has 0 spiro atoms. The van der Waals surface area contributed by atoms with Crippen LogP contribution >= 0.6 is 0 Å². The Bertz CT molecular complexity index is 406. The van der Waals surface area contributed by atoms with E-state index in [1.807, 2.05) is 0 Å². The number of hydrogen-bond donors (Lipinski definition) is 1. The van der Waals surface area contributed by atoms with Crippen LogP contribution in [0.4, 0.5) is 0 Å². The maximum absolute atomic E-state index is 5.88. The Morgan fingerprint density at radius 1 is 1.10 bits per heavy atom. The molecule has 0 aromatic heterocycles. The molecular formula is C17H27N3. The predicted octanol–water partition coefficient (Wildman–Crippen LogP) is 2.25. The summed E-state index contributed by atoms with van der Waals surface area (Å²) < 4.78 is 0. The molecule has 0 saturated carbocycles. The van der Waals surface area contributed by atoms with Crippen LogP contribution in [-0.2, 0) is 0 Å². The lowest BCUT2D eigenvalue weighted by Gasteiger charge is -2.33. The average molecular weight is 273 g/mol. The molecule has 20 heavy (non-hydrogen) atoms. The highest BCUT2D eigenvalue weighted by Crippen LogP contribution is 2.29. The first kappa shape index (κ1) is 14.1. The summed E-state index contributed by atoms with van der Waals surface area (Å²) in [5, 5.41) is 0. The first-order chi connectivity index (χ1) is 9.88. The van der Waals surface area contributed by atoms with Gasteiger partial charge in [0, 0.05) is 25.2 Å². The number of fused-ring (bicyclic) bond motifs is 1. The third-order valence-electron chi connectivity index (χ3n) is 4.90. The Kier molecular flexibility index (Phi) is 4.71. The number of benzene rings is 1. The second-order valence-corrected chi connectivity index (χ2v) is 6.18. The second kappa shape index (κ2) is 6.70. The number of nitrogens with two attached hydrogens (primary N) is 1. The maximum Gasteiger partial charge on any atom is 0.0360 e. The molecule has 1 aromatic carbocycles. The van der Waals surface area contributed by atoms with Crippen LogP contribution < -0.4 is 5.73 Å². The molecule has 2 saturated heterocycles. The van der Waals surface area contributed by atoms with Crippen LogP contribution in [0.15, 0.2) is 30.3 Å². The van der Waals surface area contributed by atoms with Crippen LogP contribution in [0.2, 0.25) is 0 Å². The first-order valence-electron chi connectivity index (χ1n) is 8.11. The van der Waals surface area contributed by atoms with Gasteiger partial charge >= 0.3 is 0 Å². The third-order valence-corrected chi connectivity index (χ3v) is 4.90. The summed E-state index contributed by atoms with van der Waals surface area (Å²) in [7, 11) is 0. The van der Waals surface area contributed by atoms with E-state index >= 15 is 0 Å². The molecule has 2 fully saturated rings. The van der Waals surface area contributed by atoms with Gasteiger partial charge in [-0.1, -0.05) is 30.3 Å². The molecular weight excluding hydrogens is 246 g/mol. The highest BCUT2D eigenvalue weighted by atomic mass is 15.3. The fraction of sp³-hybridized carbons (Fsp3) is 0.647. The van der Waals surface area contributed by atoms with E-state index < -0.39 is 0 Å². The summed E-state index contributed by atoms with van der Waals surface area (Å²) in [5.74, 6) is 0. The fourth-order valence-corrected chi connectivity index (χ4v) is 3.91. The zero-order valence-electron chi connectivity index (χ0n) is 12.4.